The van der Waals surface area contributed by atoms with Crippen molar-refractivity contribution in [1.82, 2.24) is 9.97 Å². The Morgan fingerprint density at radius 3 is 2.58 bits per heavy atom. The van der Waals surface area contributed by atoms with E-state index in [1.54, 1.807) is 12.1 Å². The average molecular weight is 365 g/mol. The first-order valence-corrected chi connectivity index (χ1v) is 9.05. The second-order valence-corrected chi connectivity index (χ2v) is 6.72. The van der Waals surface area contributed by atoms with Crippen LogP contribution in [0.4, 0.5) is 10.2 Å². The summed E-state index contributed by atoms with van der Waals surface area (Å²) in [4.78, 5) is 9.51. The quantitative estimate of drug-likeness (QED) is 0.541. The number of fused-ring (bicyclic) bond motifs is 1. The third-order valence-corrected chi connectivity index (χ3v) is 5.06. The van der Waals surface area contributed by atoms with Gasteiger partial charge in [-0.2, -0.15) is 0 Å². The summed E-state index contributed by atoms with van der Waals surface area (Å²) >= 11 is 1.51. The fourth-order valence-corrected chi connectivity index (χ4v) is 3.75. The van der Waals surface area contributed by atoms with Gasteiger partial charge in [-0.15, -0.1) is 11.3 Å². The van der Waals surface area contributed by atoms with Crippen LogP contribution >= 0.6 is 11.3 Å². The van der Waals surface area contributed by atoms with Crippen molar-refractivity contribution in [1.29, 1.82) is 0 Å². The number of thiophene rings is 1. The zero-order valence-corrected chi connectivity index (χ0v) is 14.6. The molecule has 130 valence electrons. The molecule has 2 aromatic carbocycles. The van der Waals surface area contributed by atoms with E-state index in [0.29, 0.717) is 12.4 Å². The number of benzene rings is 2. The molecule has 26 heavy (non-hydrogen) atoms. The first kappa shape index (κ1) is 16.6. The minimum Gasteiger partial charge on any atom is -0.387 e. The molecule has 6 heteroatoms. The number of aliphatic hydroxyl groups excluding tert-OH is 1. The van der Waals surface area contributed by atoms with Crippen LogP contribution in [-0.4, -0.2) is 21.6 Å². The number of nitrogens with one attached hydrogen (secondary N) is 1. The summed E-state index contributed by atoms with van der Waals surface area (Å²) in [5, 5.41) is 16.5. The zero-order valence-electron chi connectivity index (χ0n) is 13.8. The van der Waals surface area contributed by atoms with Crippen molar-refractivity contribution in [3.63, 3.8) is 0 Å². The molecule has 2 N–H and O–H groups in total. The van der Waals surface area contributed by atoms with Gasteiger partial charge in [-0.05, 0) is 23.3 Å². The molecule has 0 saturated carbocycles. The number of aromatic nitrogens is 2. The summed E-state index contributed by atoms with van der Waals surface area (Å²) in [7, 11) is 0. The van der Waals surface area contributed by atoms with Crippen LogP contribution in [0.3, 0.4) is 0 Å². The van der Waals surface area contributed by atoms with E-state index in [2.05, 4.69) is 15.3 Å². The van der Waals surface area contributed by atoms with E-state index in [0.717, 1.165) is 26.9 Å². The average Bonchev–Trinajstić information content (AvgIpc) is 3.12. The van der Waals surface area contributed by atoms with Gasteiger partial charge in [-0.3, -0.25) is 0 Å². The van der Waals surface area contributed by atoms with E-state index in [1.807, 2.05) is 35.7 Å². The lowest BCUT2D eigenvalue weighted by atomic mass is 10.1. The minimum atomic E-state index is -0.644. The first-order valence-electron chi connectivity index (χ1n) is 8.17. The molecule has 0 saturated heterocycles. The molecule has 0 fully saturated rings. The summed E-state index contributed by atoms with van der Waals surface area (Å²) in [5.74, 6) is 0.388. The van der Waals surface area contributed by atoms with E-state index in [1.165, 1.54) is 29.8 Å². The standard InChI is InChI=1S/C20H16FN3OS/c21-15-8-6-13(7-9-15)16-11-26-20-18(16)19(23-12-24-20)22-10-17(25)14-4-2-1-3-5-14/h1-9,11-12,17,25H,10H2,(H,22,23,24)/t17-/m1/s1. The Hall–Kier alpha value is -2.83. The SMILES string of the molecule is O[C@H](CNc1ncnc2scc(-c3ccc(F)cc3)c12)c1ccccc1. The molecule has 0 aliphatic carbocycles. The maximum Gasteiger partial charge on any atom is 0.138 e. The van der Waals surface area contributed by atoms with Crippen LogP contribution in [0.15, 0.2) is 66.3 Å². The number of anilines is 1. The third kappa shape index (κ3) is 3.29. The van der Waals surface area contributed by atoms with Gasteiger partial charge in [0.2, 0.25) is 0 Å². The van der Waals surface area contributed by atoms with Gasteiger partial charge in [0.1, 0.15) is 22.8 Å². The summed E-state index contributed by atoms with van der Waals surface area (Å²) in [6.07, 6.45) is 0.860. The molecular formula is C20H16FN3OS. The fourth-order valence-electron chi connectivity index (χ4n) is 2.84. The number of hydrogen-bond donors (Lipinski definition) is 2. The number of aliphatic hydroxyl groups is 1. The lowest BCUT2D eigenvalue weighted by molar-refractivity contribution is 0.191. The van der Waals surface area contributed by atoms with Gasteiger partial charge >= 0.3 is 0 Å². The van der Waals surface area contributed by atoms with Crippen molar-refractivity contribution in [3.8, 4) is 11.1 Å². The largest absolute Gasteiger partial charge is 0.387 e. The number of hydrogen-bond acceptors (Lipinski definition) is 5. The smallest absolute Gasteiger partial charge is 0.138 e. The predicted molar refractivity (Wildman–Crippen MR) is 103 cm³/mol. The Balaban J connectivity index is 1.65. The second kappa shape index (κ2) is 7.19. The van der Waals surface area contributed by atoms with Crippen LogP contribution < -0.4 is 5.32 Å². The number of rotatable bonds is 5. The van der Waals surface area contributed by atoms with E-state index < -0.39 is 6.10 Å². The van der Waals surface area contributed by atoms with E-state index in [4.69, 9.17) is 0 Å². The molecule has 4 nitrogen and oxygen atoms in total. The Labute approximate surface area is 154 Å². The molecule has 0 aliphatic heterocycles. The third-order valence-electron chi connectivity index (χ3n) is 4.17. The number of halogens is 1. The monoisotopic (exact) mass is 365 g/mol. The normalized spacial score (nSPS) is 12.2. The van der Waals surface area contributed by atoms with Crippen molar-refractivity contribution in [3.05, 3.63) is 77.7 Å². The summed E-state index contributed by atoms with van der Waals surface area (Å²) in [5.41, 5.74) is 2.69. The molecule has 1 atom stereocenters. The molecule has 0 aliphatic rings. The summed E-state index contributed by atoms with van der Waals surface area (Å²) in [6, 6.07) is 15.8. The van der Waals surface area contributed by atoms with Crippen molar-refractivity contribution in [2.75, 3.05) is 11.9 Å². The predicted octanol–water partition coefficient (Wildman–Crippen LogP) is 4.64. The van der Waals surface area contributed by atoms with E-state index in [-0.39, 0.29) is 5.82 Å². The van der Waals surface area contributed by atoms with E-state index in [9.17, 15) is 9.50 Å². The van der Waals surface area contributed by atoms with Gasteiger partial charge in [-0.1, -0.05) is 42.5 Å². The van der Waals surface area contributed by atoms with Crippen molar-refractivity contribution < 1.29 is 9.50 Å². The molecule has 4 aromatic rings. The highest BCUT2D eigenvalue weighted by Crippen LogP contribution is 2.36. The van der Waals surface area contributed by atoms with E-state index >= 15 is 0 Å². The van der Waals surface area contributed by atoms with Crippen molar-refractivity contribution >= 4 is 27.4 Å². The van der Waals surface area contributed by atoms with Crippen LogP contribution in [0.25, 0.3) is 21.3 Å². The Morgan fingerprint density at radius 2 is 1.81 bits per heavy atom. The maximum atomic E-state index is 13.2. The van der Waals surface area contributed by atoms with Gasteiger partial charge in [0.05, 0.1) is 11.5 Å². The van der Waals surface area contributed by atoms with Gasteiger partial charge in [0.25, 0.3) is 0 Å². The Bertz CT molecular complexity index is 1020. The Kier molecular flexibility index (Phi) is 4.60. The van der Waals surface area contributed by atoms with Crippen LogP contribution in [-0.2, 0) is 0 Å². The van der Waals surface area contributed by atoms with Crippen LogP contribution in [0, 0.1) is 5.82 Å². The van der Waals surface area contributed by atoms with Gasteiger partial charge in [0, 0.05) is 17.5 Å². The molecular weight excluding hydrogens is 349 g/mol. The molecule has 0 bridgehead atoms. The van der Waals surface area contributed by atoms with Crippen molar-refractivity contribution in [2.24, 2.45) is 0 Å². The molecule has 2 aromatic heterocycles. The van der Waals surface area contributed by atoms with Gasteiger partial charge in [0.15, 0.2) is 0 Å². The Morgan fingerprint density at radius 1 is 1.04 bits per heavy atom. The highest BCUT2D eigenvalue weighted by atomic mass is 32.1. The molecule has 0 unspecified atom stereocenters. The highest BCUT2D eigenvalue weighted by Gasteiger charge is 2.14. The number of nitrogens with zero attached hydrogens (tertiary/aromatic N) is 2. The fraction of sp³-hybridized carbons (Fsp3) is 0.100. The van der Waals surface area contributed by atoms with Crippen LogP contribution in [0.2, 0.25) is 0 Å². The molecule has 0 spiro atoms. The molecule has 4 rings (SSSR count). The maximum absolute atomic E-state index is 13.2. The molecule has 0 radical (unpaired) electrons. The second-order valence-electron chi connectivity index (χ2n) is 5.87. The molecule has 2 heterocycles. The lowest BCUT2D eigenvalue weighted by Crippen LogP contribution is -2.13. The summed E-state index contributed by atoms with van der Waals surface area (Å²) in [6.45, 7) is 0.328. The van der Waals surface area contributed by atoms with Gasteiger partial charge < -0.3 is 10.4 Å². The van der Waals surface area contributed by atoms with Crippen LogP contribution in [0.5, 0.6) is 0 Å². The lowest BCUT2D eigenvalue weighted by Gasteiger charge is -2.13. The highest BCUT2D eigenvalue weighted by molar-refractivity contribution is 7.17. The minimum absolute atomic E-state index is 0.270. The first-order chi connectivity index (χ1) is 12.7. The summed E-state index contributed by atoms with van der Waals surface area (Å²) < 4.78 is 13.2. The zero-order chi connectivity index (χ0) is 17.9. The van der Waals surface area contributed by atoms with Crippen LogP contribution in [0.1, 0.15) is 11.7 Å². The topological polar surface area (TPSA) is 58.0 Å². The van der Waals surface area contributed by atoms with Gasteiger partial charge in [-0.25, -0.2) is 14.4 Å². The molecule has 0 amide bonds. The van der Waals surface area contributed by atoms with Crippen molar-refractivity contribution in [2.45, 2.75) is 6.10 Å².